The van der Waals surface area contributed by atoms with Crippen LogP contribution in [0.15, 0.2) is 24.3 Å². The summed E-state index contributed by atoms with van der Waals surface area (Å²) in [5, 5.41) is 11.6. The second kappa shape index (κ2) is 9.02. The van der Waals surface area contributed by atoms with Crippen molar-refractivity contribution in [3.05, 3.63) is 35.1 Å². The van der Waals surface area contributed by atoms with Gasteiger partial charge in [-0.1, -0.05) is 11.3 Å². The number of amides is 2. The van der Waals surface area contributed by atoms with E-state index in [1.807, 2.05) is 6.92 Å². The molecule has 1 aromatic heterocycles. The van der Waals surface area contributed by atoms with E-state index in [0.717, 1.165) is 0 Å². The lowest BCUT2D eigenvalue weighted by molar-refractivity contribution is -0.122. The molecule has 1 N–H and O–H groups in total. The number of rotatable bonds is 6. The van der Waals surface area contributed by atoms with E-state index in [9.17, 15) is 14.0 Å². The highest BCUT2D eigenvalue weighted by Crippen LogP contribution is 2.26. The van der Waals surface area contributed by atoms with Crippen LogP contribution in [0.1, 0.15) is 18.4 Å². The Morgan fingerprint density at radius 2 is 2.12 bits per heavy atom. The Balaban J connectivity index is 0.00000243. The molecule has 10 heteroatoms. The normalized spacial score (nSPS) is 16.5. The Morgan fingerprint density at radius 1 is 1.38 bits per heavy atom. The van der Waals surface area contributed by atoms with Crippen molar-refractivity contribution in [3.63, 3.8) is 0 Å². The SMILES string of the molecule is CCOCc1nnc(NC(=O)C2CC(=O)N(c3ccc(F)cc3)C2)s1.Cl. The zero-order chi connectivity index (χ0) is 17.8. The number of ether oxygens (including phenoxy) is 1. The predicted octanol–water partition coefficient (Wildman–Crippen LogP) is 2.63. The molecule has 0 aliphatic carbocycles. The van der Waals surface area contributed by atoms with E-state index in [-0.39, 0.29) is 43.0 Å². The molecule has 1 aromatic carbocycles. The Kier molecular flexibility index (Phi) is 7.01. The first-order valence-corrected chi connectivity index (χ1v) is 8.65. The first-order valence-electron chi connectivity index (χ1n) is 7.83. The first-order chi connectivity index (χ1) is 12.1. The molecule has 2 heterocycles. The smallest absolute Gasteiger partial charge is 0.231 e. The van der Waals surface area contributed by atoms with Gasteiger partial charge in [-0.3, -0.25) is 9.59 Å². The van der Waals surface area contributed by atoms with Crippen LogP contribution in [0.25, 0.3) is 0 Å². The minimum atomic E-state index is -0.489. The minimum Gasteiger partial charge on any atom is -0.374 e. The van der Waals surface area contributed by atoms with Gasteiger partial charge in [-0.25, -0.2) is 4.39 Å². The molecule has 26 heavy (non-hydrogen) atoms. The van der Waals surface area contributed by atoms with Gasteiger partial charge in [0.15, 0.2) is 0 Å². The van der Waals surface area contributed by atoms with E-state index < -0.39 is 5.92 Å². The van der Waals surface area contributed by atoms with E-state index in [1.165, 1.54) is 40.5 Å². The number of nitrogens with one attached hydrogen (secondary N) is 1. The molecule has 140 valence electrons. The second-order valence-corrected chi connectivity index (χ2v) is 6.57. The summed E-state index contributed by atoms with van der Waals surface area (Å²) >= 11 is 1.24. The molecule has 1 saturated heterocycles. The summed E-state index contributed by atoms with van der Waals surface area (Å²) in [5.41, 5.74) is 0.580. The van der Waals surface area contributed by atoms with Crippen LogP contribution in [0.5, 0.6) is 0 Å². The highest BCUT2D eigenvalue weighted by atomic mass is 35.5. The van der Waals surface area contributed by atoms with Gasteiger partial charge >= 0.3 is 0 Å². The number of anilines is 2. The summed E-state index contributed by atoms with van der Waals surface area (Å²) < 4.78 is 18.2. The number of carbonyl (C=O) groups is 2. The topological polar surface area (TPSA) is 84.4 Å². The molecular formula is C16H18ClFN4O3S. The third-order valence-electron chi connectivity index (χ3n) is 3.76. The Hall–Kier alpha value is -2.10. The van der Waals surface area contributed by atoms with Gasteiger partial charge in [0.1, 0.15) is 17.4 Å². The van der Waals surface area contributed by atoms with Crippen molar-refractivity contribution in [2.75, 3.05) is 23.4 Å². The van der Waals surface area contributed by atoms with Crippen molar-refractivity contribution >= 4 is 46.4 Å². The summed E-state index contributed by atoms with van der Waals surface area (Å²) in [6.07, 6.45) is 0.105. The van der Waals surface area contributed by atoms with E-state index in [4.69, 9.17) is 4.74 Å². The molecule has 3 rings (SSSR count). The number of nitrogens with zero attached hydrogens (tertiary/aromatic N) is 3. The zero-order valence-electron chi connectivity index (χ0n) is 14.0. The minimum absolute atomic E-state index is 0. The summed E-state index contributed by atoms with van der Waals surface area (Å²) in [5.74, 6) is -1.31. The van der Waals surface area contributed by atoms with Crippen LogP contribution in [0.2, 0.25) is 0 Å². The average Bonchev–Trinajstić information content (AvgIpc) is 3.20. The largest absolute Gasteiger partial charge is 0.374 e. The maximum absolute atomic E-state index is 13.0. The van der Waals surface area contributed by atoms with E-state index >= 15 is 0 Å². The molecule has 2 amide bonds. The lowest BCUT2D eigenvalue weighted by Gasteiger charge is -2.16. The van der Waals surface area contributed by atoms with Crippen molar-refractivity contribution in [1.29, 1.82) is 0 Å². The average molecular weight is 401 g/mol. The van der Waals surface area contributed by atoms with Crippen molar-refractivity contribution in [2.45, 2.75) is 20.0 Å². The maximum Gasteiger partial charge on any atom is 0.231 e. The van der Waals surface area contributed by atoms with E-state index in [2.05, 4.69) is 15.5 Å². The van der Waals surface area contributed by atoms with Gasteiger partial charge in [-0.2, -0.15) is 0 Å². The lowest BCUT2D eigenvalue weighted by atomic mass is 10.1. The highest BCUT2D eigenvalue weighted by Gasteiger charge is 2.35. The van der Waals surface area contributed by atoms with Gasteiger partial charge in [-0.05, 0) is 31.2 Å². The number of halogens is 2. The number of hydrogen-bond acceptors (Lipinski definition) is 6. The number of carbonyl (C=O) groups excluding carboxylic acids is 2. The van der Waals surface area contributed by atoms with Crippen LogP contribution in [-0.4, -0.2) is 35.2 Å². The first kappa shape index (κ1) is 20.2. The third-order valence-corrected chi connectivity index (χ3v) is 4.57. The molecule has 7 nitrogen and oxygen atoms in total. The molecule has 1 unspecified atom stereocenters. The number of hydrogen-bond donors (Lipinski definition) is 1. The van der Waals surface area contributed by atoms with Crippen molar-refractivity contribution in [3.8, 4) is 0 Å². The monoisotopic (exact) mass is 400 g/mol. The van der Waals surface area contributed by atoms with E-state index in [0.29, 0.717) is 29.0 Å². The Bertz CT molecular complexity index is 771. The van der Waals surface area contributed by atoms with Gasteiger partial charge in [0, 0.05) is 25.3 Å². The summed E-state index contributed by atoms with van der Waals surface area (Å²) in [6, 6.07) is 5.63. The fourth-order valence-corrected chi connectivity index (χ4v) is 3.19. The maximum atomic E-state index is 13.0. The second-order valence-electron chi connectivity index (χ2n) is 5.51. The fourth-order valence-electron chi connectivity index (χ4n) is 2.51. The van der Waals surface area contributed by atoms with Gasteiger partial charge in [-0.15, -0.1) is 22.6 Å². The predicted molar refractivity (Wildman–Crippen MR) is 98.0 cm³/mol. The van der Waals surface area contributed by atoms with Crippen molar-refractivity contribution in [1.82, 2.24) is 10.2 Å². The molecule has 1 atom stereocenters. The van der Waals surface area contributed by atoms with E-state index in [1.54, 1.807) is 0 Å². The number of benzene rings is 1. The van der Waals surface area contributed by atoms with Crippen LogP contribution in [0, 0.1) is 11.7 Å². The van der Waals surface area contributed by atoms with Crippen molar-refractivity contribution < 1.29 is 18.7 Å². The van der Waals surface area contributed by atoms with Crippen LogP contribution in [-0.2, 0) is 20.9 Å². The Morgan fingerprint density at radius 3 is 2.81 bits per heavy atom. The molecule has 0 saturated carbocycles. The van der Waals surface area contributed by atoms with Gasteiger partial charge in [0.2, 0.25) is 16.9 Å². The summed E-state index contributed by atoms with van der Waals surface area (Å²) in [4.78, 5) is 26.0. The zero-order valence-corrected chi connectivity index (χ0v) is 15.6. The van der Waals surface area contributed by atoms with Gasteiger partial charge in [0.05, 0.1) is 5.92 Å². The van der Waals surface area contributed by atoms with Crippen LogP contribution >= 0.6 is 23.7 Å². The van der Waals surface area contributed by atoms with Crippen LogP contribution < -0.4 is 10.2 Å². The molecule has 1 aliphatic rings. The molecule has 1 aliphatic heterocycles. The molecule has 0 spiro atoms. The molecule has 2 aromatic rings. The summed E-state index contributed by atoms with van der Waals surface area (Å²) in [7, 11) is 0. The summed E-state index contributed by atoms with van der Waals surface area (Å²) in [6.45, 7) is 3.06. The fraction of sp³-hybridized carbons (Fsp3) is 0.375. The van der Waals surface area contributed by atoms with Crippen LogP contribution in [0.3, 0.4) is 0 Å². The lowest BCUT2D eigenvalue weighted by Crippen LogP contribution is -2.28. The van der Waals surface area contributed by atoms with Gasteiger partial charge in [0.25, 0.3) is 0 Å². The molecule has 0 bridgehead atoms. The van der Waals surface area contributed by atoms with Crippen molar-refractivity contribution in [2.24, 2.45) is 5.92 Å². The van der Waals surface area contributed by atoms with Crippen LogP contribution in [0.4, 0.5) is 15.2 Å². The Labute approximate surface area is 160 Å². The standard InChI is InChI=1S/C16H17FN4O3S.ClH/c1-2-24-9-13-19-20-16(25-13)18-15(23)10-7-14(22)21(8-10)12-5-3-11(17)4-6-12;/h3-6,10H,2,7-9H2,1H3,(H,18,20,23);1H. The quantitative estimate of drug-likeness (QED) is 0.805. The third kappa shape index (κ3) is 4.75. The molecule has 0 radical (unpaired) electrons. The number of aromatic nitrogens is 2. The highest BCUT2D eigenvalue weighted by molar-refractivity contribution is 7.15. The van der Waals surface area contributed by atoms with Gasteiger partial charge < -0.3 is 15.0 Å². The molecule has 1 fully saturated rings. The molecular weight excluding hydrogens is 383 g/mol.